The van der Waals surface area contributed by atoms with Gasteiger partial charge in [-0.1, -0.05) is 0 Å². The number of nitrogens with one attached hydrogen (secondary N) is 1. The van der Waals surface area contributed by atoms with Gasteiger partial charge in [-0.3, -0.25) is 19.0 Å². The highest BCUT2D eigenvalue weighted by Gasteiger charge is 2.35. The molecule has 0 bridgehead atoms. The molecule has 2 amide bonds. The fraction of sp³-hybridized carbons (Fsp3) is 0.211. The molecule has 0 aliphatic rings. The largest absolute Gasteiger partial charge is 0.433 e. The van der Waals surface area contributed by atoms with E-state index in [2.05, 4.69) is 36.4 Å². The summed E-state index contributed by atoms with van der Waals surface area (Å²) in [7, 11) is 1.65. The van der Waals surface area contributed by atoms with Gasteiger partial charge < -0.3 is 11.1 Å². The van der Waals surface area contributed by atoms with Gasteiger partial charge in [-0.25, -0.2) is 4.98 Å². The molecule has 4 aromatic heterocycles. The zero-order valence-electron chi connectivity index (χ0n) is 17.1. The Kier molecular flexibility index (Phi) is 5.74. The molecule has 0 aliphatic carbocycles. The van der Waals surface area contributed by atoms with Crippen LogP contribution >= 0.6 is 27.3 Å². The zero-order valence-corrected chi connectivity index (χ0v) is 19.5. The van der Waals surface area contributed by atoms with Crippen molar-refractivity contribution in [1.29, 1.82) is 0 Å². The standard InChI is InChI=1S/C19H15BrF3N7O2S/c1-8-11(5-25-29(8)2)10-3-12(19(21,22)23)27-18-14(10)15(16(33-18)17(24)32)28-13(31)7-30-6-9(20)4-26-30/h3-6H,7H2,1-2H3,(H2,24,32)(H,28,31). The van der Waals surface area contributed by atoms with E-state index in [9.17, 15) is 22.8 Å². The summed E-state index contributed by atoms with van der Waals surface area (Å²) in [4.78, 5) is 28.3. The van der Waals surface area contributed by atoms with Gasteiger partial charge in [0.05, 0.1) is 22.6 Å². The first kappa shape index (κ1) is 22.9. The van der Waals surface area contributed by atoms with Gasteiger partial charge in [0, 0.05) is 29.9 Å². The van der Waals surface area contributed by atoms with Crippen molar-refractivity contribution in [2.75, 3.05) is 5.32 Å². The van der Waals surface area contributed by atoms with Crippen molar-refractivity contribution in [3.05, 3.63) is 45.4 Å². The molecule has 0 aromatic carbocycles. The fourth-order valence-corrected chi connectivity index (χ4v) is 4.60. The van der Waals surface area contributed by atoms with Gasteiger partial charge in [0.1, 0.15) is 21.9 Å². The topological polar surface area (TPSA) is 121 Å². The highest BCUT2D eigenvalue weighted by atomic mass is 79.9. The Bertz CT molecular complexity index is 1410. The zero-order chi connectivity index (χ0) is 24.1. The van der Waals surface area contributed by atoms with Crippen molar-refractivity contribution in [2.24, 2.45) is 12.8 Å². The summed E-state index contributed by atoms with van der Waals surface area (Å²) in [6, 6.07) is 0.879. The highest BCUT2D eigenvalue weighted by Crippen LogP contribution is 2.44. The molecule has 33 heavy (non-hydrogen) atoms. The third-order valence-corrected chi connectivity index (χ3v) is 6.38. The minimum absolute atomic E-state index is 0.00167. The van der Waals surface area contributed by atoms with Crippen molar-refractivity contribution in [2.45, 2.75) is 19.6 Å². The Hall–Kier alpha value is -3.26. The van der Waals surface area contributed by atoms with E-state index in [0.29, 0.717) is 27.1 Å². The van der Waals surface area contributed by atoms with E-state index in [-0.39, 0.29) is 32.9 Å². The second-order valence-corrected chi connectivity index (χ2v) is 8.99. The van der Waals surface area contributed by atoms with Crippen molar-refractivity contribution in [1.82, 2.24) is 24.5 Å². The Balaban J connectivity index is 1.93. The third-order valence-electron chi connectivity index (χ3n) is 4.87. The quantitative estimate of drug-likeness (QED) is 0.399. The smallest absolute Gasteiger partial charge is 0.365 e. The molecule has 4 heterocycles. The van der Waals surface area contributed by atoms with Crippen LogP contribution in [-0.2, 0) is 24.6 Å². The van der Waals surface area contributed by atoms with Gasteiger partial charge in [0.15, 0.2) is 0 Å². The minimum atomic E-state index is -4.73. The van der Waals surface area contributed by atoms with Gasteiger partial charge in [0.25, 0.3) is 5.91 Å². The van der Waals surface area contributed by atoms with Gasteiger partial charge in [-0.05, 0) is 34.5 Å². The number of nitrogens with zero attached hydrogens (tertiary/aromatic N) is 5. The minimum Gasteiger partial charge on any atom is -0.365 e. The second kappa shape index (κ2) is 8.26. The maximum Gasteiger partial charge on any atom is 0.433 e. The Morgan fingerprint density at radius 2 is 1.97 bits per heavy atom. The maximum atomic E-state index is 13.6. The summed E-state index contributed by atoms with van der Waals surface area (Å²) in [6.45, 7) is 1.49. The molecule has 172 valence electrons. The number of aryl methyl sites for hydroxylation is 1. The number of nitrogens with two attached hydrogens (primary N) is 1. The lowest BCUT2D eigenvalue weighted by atomic mass is 10.0. The van der Waals surface area contributed by atoms with Crippen LogP contribution in [0.5, 0.6) is 0 Å². The van der Waals surface area contributed by atoms with Crippen LogP contribution in [0, 0.1) is 6.92 Å². The maximum absolute atomic E-state index is 13.6. The summed E-state index contributed by atoms with van der Waals surface area (Å²) in [5.41, 5.74) is 5.46. The van der Waals surface area contributed by atoms with Crippen LogP contribution in [0.25, 0.3) is 21.3 Å². The van der Waals surface area contributed by atoms with Gasteiger partial charge >= 0.3 is 6.18 Å². The summed E-state index contributed by atoms with van der Waals surface area (Å²) in [5, 5.41) is 10.9. The monoisotopic (exact) mass is 541 g/mol. The number of anilines is 1. The van der Waals surface area contributed by atoms with Gasteiger partial charge in [-0.15, -0.1) is 11.3 Å². The number of hydrogen-bond acceptors (Lipinski definition) is 6. The van der Waals surface area contributed by atoms with Crippen molar-refractivity contribution >= 4 is 55.0 Å². The van der Waals surface area contributed by atoms with Crippen LogP contribution < -0.4 is 11.1 Å². The molecule has 3 N–H and O–H groups in total. The van der Waals surface area contributed by atoms with Crippen LogP contribution in [0.2, 0.25) is 0 Å². The molecule has 4 aromatic rings. The number of carbonyl (C=O) groups excluding carboxylic acids is 2. The Morgan fingerprint density at radius 1 is 1.24 bits per heavy atom. The first-order valence-electron chi connectivity index (χ1n) is 9.27. The molecule has 0 saturated heterocycles. The van der Waals surface area contributed by atoms with E-state index in [0.717, 1.165) is 6.07 Å². The molecule has 0 aliphatic heterocycles. The summed E-state index contributed by atoms with van der Waals surface area (Å²) in [5.74, 6) is -1.46. The molecular weight excluding hydrogens is 527 g/mol. The van der Waals surface area contributed by atoms with E-state index in [1.165, 1.54) is 21.8 Å². The average molecular weight is 542 g/mol. The number of rotatable bonds is 5. The Morgan fingerprint density at radius 3 is 2.52 bits per heavy atom. The fourth-order valence-electron chi connectivity index (χ4n) is 3.26. The van der Waals surface area contributed by atoms with Crippen LogP contribution in [-0.4, -0.2) is 36.4 Å². The molecule has 0 spiro atoms. The van der Waals surface area contributed by atoms with Crippen LogP contribution in [0.3, 0.4) is 0 Å². The van der Waals surface area contributed by atoms with E-state index in [1.54, 1.807) is 20.2 Å². The number of thiophene rings is 1. The van der Waals surface area contributed by atoms with E-state index in [1.807, 2.05) is 0 Å². The first-order chi connectivity index (χ1) is 15.5. The molecule has 0 unspecified atom stereocenters. The molecular formula is C19H15BrF3N7O2S. The summed E-state index contributed by atoms with van der Waals surface area (Å²) >= 11 is 3.91. The lowest BCUT2D eigenvalue weighted by Gasteiger charge is -2.12. The molecule has 0 fully saturated rings. The molecule has 0 saturated carbocycles. The number of pyridine rings is 1. The van der Waals surface area contributed by atoms with Crippen molar-refractivity contribution < 1.29 is 22.8 Å². The van der Waals surface area contributed by atoms with E-state index in [4.69, 9.17) is 5.73 Å². The number of fused-ring (bicyclic) bond motifs is 1. The first-order valence-corrected chi connectivity index (χ1v) is 10.9. The lowest BCUT2D eigenvalue weighted by Crippen LogP contribution is -2.21. The van der Waals surface area contributed by atoms with Crippen molar-refractivity contribution in [3.63, 3.8) is 0 Å². The molecule has 4 rings (SSSR count). The van der Waals surface area contributed by atoms with Crippen LogP contribution in [0.15, 0.2) is 29.1 Å². The Labute approximate surface area is 196 Å². The van der Waals surface area contributed by atoms with Crippen LogP contribution in [0.1, 0.15) is 21.1 Å². The molecule has 0 atom stereocenters. The third kappa shape index (κ3) is 4.35. The van der Waals surface area contributed by atoms with Gasteiger partial charge in [0.2, 0.25) is 5.91 Å². The van der Waals surface area contributed by atoms with Crippen molar-refractivity contribution in [3.8, 4) is 11.1 Å². The predicted molar refractivity (Wildman–Crippen MR) is 119 cm³/mol. The lowest BCUT2D eigenvalue weighted by molar-refractivity contribution is -0.140. The number of hydrogen-bond donors (Lipinski definition) is 2. The molecule has 9 nitrogen and oxygen atoms in total. The molecule has 0 radical (unpaired) electrons. The SMILES string of the molecule is Cc1c(-c2cc(C(F)(F)F)nc3sc(C(N)=O)c(NC(=O)Cn4cc(Br)cn4)c23)cnn1C. The number of aromatic nitrogens is 5. The molecule has 14 heteroatoms. The number of halogens is 4. The predicted octanol–water partition coefficient (Wildman–Crippen LogP) is 3.72. The summed E-state index contributed by atoms with van der Waals surface area (Å²) < 4.78 is 44.3. The van der Waals surface area contributed by atoms with Gasteiger partial charge in [-0.2, -0.15) is 23.4 Å². The van der Waals surface area contributed by atoms with E-state index >= 15 is 0 Å². The number of primary amides is 1. The second-order valence-electron chi connectivity index (χ2n) is 7.07. The number of carbonyl (C=O) groups is 2. The average Bonchev–Trinajstić information content (AvgIpc) is 3.39. The number of amides is 2. The summed E-state index contributed by atoms with van der Waals surface area (Å²) in [6.07, 6.45) is -0.249. The normalized spacial score (nSPS) is 11.8. The van der Waals surface area contributed by atoms with Crippen LogP contribution in [0.4, 0.5) is 18.9 Å². The highest BCUT2D eigenvalue weighted by molar-refractivity contribution is 9.10. The number of alkyl halides is 3. The van der Waals surface area contributed by atoms with E-state index < -0.39 is 23.7 Å².